The van der Waals surface area contributed by atoms with Gasteiger partial charge in [0.25, 0.3) is 0 Å². The predicted molar refractivity (Wildman–Crippen MR) is 99.1 cm³/mol. The highest BCUT2D eigenvalue weighted by molar-refractivity contribution is 5.86. The molecule has 0 aliphatic carbocycles. The molecular weight excluding hydrogens is 330 g/mol. The van der Waals surface area contributed by atoms with Gasteiger partial charge in [-0.2, -0.15) is 0 Å². The highest BCUT2D eigenvalue weighted by Gasteiger charge is 2.35. The molecule has 136 valence electrons. The number of benzene rings is 2. The summed E-state index contributed by atoms with van der Waals surface area (Å²) in [5.74, 6) is -0.178. The Morgan fingerprint density at radius 1 is 1.12 bits per heavy atom. The third-order valence-electron chi connectivity index (χ3n) is 4.50. The zero-order chi connectivity index (χ0) is 18.4. The summed E-state index contributed by atoms with van der Waals surface area (Å²) in [7, 11) is 0. The fourth-order valence-electron chi connectivity index (χ4n) is 3.06. The largest absolute Gasteiger partial charge is 0.445 e. The van der Waals surface area contributed by atoms with Gasteiger partial charge >= 0.3 is 6.09 Å². The molecule has 0 radical (unpaired) electrons. The molecular formula is C20H23N3O3. The van der Waals surface area contributed by atoms with Gasteiger partial charge in [0.15, 0.2) is 0 Å². The van der Waals surface area contributed by atoms with Crippen molar-refractivity contribution in [2.45, 2.75) is 32.0 Å². The summed E-state index contributed by atoms with van der Waals surface area (Å²) in [6.07, 6.45) is 0.966. The molecule has 1 heterocycles. The number of amides is 2. The summed E-state index contributed by atoms with van der Waals surface area (Å²) in [5, 5.41) is 2.87. The van der Waals surface area contributed by atoms with Crippen molar-refractivity contribution in [2.75, 3.05) is 12.3 Å². The number of likely N-dealkylation sites (tertiary alicyclic amines) is 1. The molecule has 3 N–H and O–H groups in total. The number of nitrogens with one attached hydrogen (secondary N) is 1. The Morgan fingerprint density at radius 2 is 1.85 bits per heavy atom. The molecule has 2 aromatic rings. The minimum atomic E-state index is -0.497. The quantitative estimate of drug-likeness (QED) is 0.810. The summed E-state index contributed by atoms with van der Waals surface area (Å²) >= 11 is 0. The molecule has 0 spiro atoms. The van der Waals surface area contributed by atoms with Crippen LogP contribution in [0.15, 0.2) is 54.6 Å². The topological polar surface area (TPSA) is 84.7 Å². The predicted octanol–water partition coefficient (Wildman–Crippen LogP) is 2.69. The average Bonchev–Trinajstić information content (AvgIpc) is 3.16. The molecule has 2 amide bonds. The van der Waals surface area contributed by atoms with Crippen LogP contribution >= 0.6 is 0 Å². The van der Waals surface area contributed by atoms with Gasteiger partial charge in [-0.25, -0.2) is 4.79 Å². The molecule has 6 heteroatoms. The van der Waals surface area contributed by atoms with Crippen LogP contribution in [0.2, 0.25) is 0 Å². The number of nitrogen functional groups attached to an aromatic ring is 1. The van der Waals surface area contributed by atoms with E-state index in [2.05, 4.69) is 5.32 Å². The lowest BCUT2D eigenvalue weighted by molar-refractivity contribution is -0.125. The molecule has 3 rings (SSSR count). The molecule has 26 heavy (non-hydrogen) atoms. The monoisotopic (exact) mass is 353 g/mol. The smallest absolute Gasteiger partial charge is 0.410 e. The highest BCUT2D eigenvalue weighted by Crippen LogP contribution is 2.19. The van der Waals surface area contributed by atoms with Crippen LogP contribution in [-0.2, 0) is 22.7 Å². The lowest BCUT2D eigenvalue weighted by atomic mass is 10.1. The summed E-state index contributed by atoms with van der Waals surface area (Å²) < 4.78 is 5.36. The molecule has 0 bridgehead atoms. The van der Waals surface area contributed by atoms with Crippen LogP contribution in [0.4, 0.5) is 10.5 Å². The van der Waals surface area contributed by atoms with E-state index in [0.717, 1.165) is 17.5 Å². The van der Waals surface area contributed by atoms with Gasteiger partial charge in [-0.1, -0.05) is 48.5 Å². The lowest BCUT2D eigenvalue weighted by Crippen LogP contribution is -2.45. The standard InChI is InChI=1S/C20H23N3O3/c21-17-10-5-4-9-16(17)13-22-19(24)18-11-6-12-23(18)20(25)26-14-15-7-2-1-3-8-15/h1-5,7-10,18H,6,11-14,21H2,(H,22,24)/t18-/m0/s1. The van der Waals surface area contributed by atoms with E-state index in [-0.39, 0.29) is 12.5 Å². The molecule has 1 saturated heterocycles. The number of para-hydroxylation sites is 1. The fourth-order valence-corrected chi connectivity index (χ4v) is 3.06. The van der Waals surface area contributed by atoms with Crippen LogP contribution in [0.5, 0.6) is 0 Å². The van der Waals surface area contributed by atoms with E-state index in [1.807, 2.05) is 48.5 Å². The molecule has 1 atom stereocenters. The maximum atomic E-state index is 12.5. The highest BCUT2D eigenvalue weighted by atomic mass is 16.6. The summed E-state index contributed by atoms with van der Waals surface area (Å²) in [4.78, 5) is 26.4. The van der Waals surface area contributed by atoms with Gasteiger partial charge in [0.1, 0.15) is 12.6 Å². The third kappa shape index (κ3) is 4.33. The Kier molecular flexibility index (Phi) is 5.73. The Bertz CT molecular complexity index is 764. The lowest BCUT2D eigenvalue weighted by Gasteiger charge is -2.23. The molecule has 0 aromatic heterocycles. The van der Waals surface area contributed by atoms with Gasteiger partial charge < -0.3 is 15.8 Å². The second-order valence-corrected chi connectivity index (χ2v) is 6.31. The van der Waals surface area contributed by atoms with Crippen LogP contribution in [0.1, 0.15) is 24.0 Å². The zero-order valence-electron chi connectivity index (χ0n) is 14.6. The van der Waals surface area contributed by atoms with Crippen molar-refractivity contribution in [1.29, 1.82) is 0 Å². The summed E-state index contributed by atoms with van der Waals surface area (Å²) in [5.41, 5.74) is 8.31. The van der Waals surface area contributed by atoms with E-state index in [1.165, 1.54) is 4.90 Å². The van der Waals surface area contributed by atoms with Crippen LogP contribution in [0, 0.1) is 0 Å². The van der Waals surface area contributed by atoms with Crippen LogP contribution in [-0.4, -0.2) is 29.5 Å². The Morgan fingerprint density at radius 3 is 2.62 bits per heavy atom. The number of nitrogens with two attached hydrogens (primary N) is 1. The minimum Gasteiger partial charge on any atom is -0.445 e. The van der Waals surface area contributed by atoms with E-state index < -0.39 is 12.1 Å². The molecule has 1 aliphatic heterocycles. The third-order valence-corrected chi connectivity index (χ3v) is 4.50. The van der Waals surface area contributed by atoms with Gasteiger partial charge in [-0.05, 0) is 30.0 Å². The number of rotatable bonds is 5. The minimum absolute atomic E-state index is 0.178. The number of carbonyl (C=O) groups is 2. The average molecular weight is 353 g/mol. The van der Waals surface area contributed by atoms with Crippen molar-refractivity contribution in [3.05, 3.63) is 65.7 Å². The normalized spacial score (nSPS) is 16.3. The first-order valence-electron chi connectivity index (χ1n) is 8.73. The van der Waals surface area contributed by atoms with E-state index in [9.17, 15) is 9.59 Å². The first kappa shape index (κ1) is 17.8. The van der Waals surface area contributed by atoms with Crippen molar-refractivity contribution in [3.8, 4) is 0 Å². The SMILES string of the molecule is Nc1ccccc1CNC(=O)[C@@H]1CCCN1C(=O)OCc1ccccc1. The van der Waals surface area contributed by atoms with Gasteiger partial charge in [-0.3, -0.25) is 9.69 Å². The number of anilines is 1. The van der Waals surface area contributed by atoms with Crippen molar-refractivity contribution in [2.24, 2.45) is 0 Å². The van der Waals surface area contributed by atoms with Crippen molar-refractivity contribution >= 4 is 17.7 Å². The fraction of sp³-hybridized carbons (Fsp3) is 0.300. The molecule has 0 unspecified atom stereocenters. The first-order chi connectivity index (χ1) is 12.6. The first-order valence-corrected chi connectivity index (χ1v) is 8.73. The maximum Gasteiger partial charge on any atom is 0.410 e. The summed E-state index contributed by atoms with van der Waals surface area (Å²) in [6, 6.07) is 16.4. The number of hydrogen-bond donors (Lipinski definition) is 2. The van der Waals surface area contributed by atoms with Crippen molar-refractivity contribution in [3.63, 3.8) is 0 Å². The van der Waals surface area contributed by atoms with Gasteiger partial charge in [-0.15, -0.1) is 0 Å². The van der Waals surface area contributed by atoms with E-state index in [0.29, 0.717) is 25.2 Å². The molecule has 6 nitrogen and oxygen atoms in total. The molecule has 2 aromatic carbocycles. The molecule has 1 fully saturated rings. The van der Waals surface area contributed by atoms with E-state index >= 15 is 0 Å². The van der Waals surface area contributed by atoms with Gasteiger partial charge in [0.05, 0.1) is 0 Å². The Balaban J connectivity index is 1.54. The van der Waals surface area contributed by atoms with Crippen LogP contribution in [0.3, 0.4) is 0 Å². The summed E-state index contributed by atoms with van der Waals surface area (Å²) in [6.45, 7) is 1.07. The number of carbonyl (C=O) groups excluding carboxylic acids is 2. The van der Waals surface area contributed by atoms with Crippen LogP contribution in [0.25, 0.3) is 0 Å². The maximum absolute atomic E-state index is 12.5. The number of hydrogen-bond acceptors (Lipinski definition) is 4. The molecule has 1 aliphatic rings. The van der Waals surface area contributed by atoms with Gasteiger partial charge in [0, 0.05) is 18.8 Å². The molecule has 0 saturated carbocycles. The second-order valence-electron chi connectivity index (χ2n) is 6.31. The van der Waals surface area contributed by atoms with Crippen molar-refractivity contribution in [1.82, 2.24) is 10.2 Å². The van der Waals surface area contributed by atoms with E-state index in [1.54, 1.807) is 6.07 Å². The number of nitrogens with zero attached hydrogens (tertiary/aromatic N) is 1. The van der Waals surface area contributed by atoms with Gasteiger partial charge in [0.2, 0.25) is 5.91 Å². The Labute approximate surface area is 152 Å². The van der Waals surface area contributed by atoms with E-state index in [4.69, 9.17) is 10.5 Å². The second kappa shape index (κ2) is 8.38. The Hall–Kier alpha value is -3.02. The zero-order valence-corrected chi connectivity index (χ0v) is 14.6. The number of ether oxygens (including phenoxy) is 1. The van der Waals surface area contributed by atoms with Crippen molar-refractivity contribution < 1.29 is 14.3 Å². The van der Waals surface area contributed by atoms with Crippen LogP contribution < -0.4 is 11.1 Å².